The molecule has 4 aromatic heterocycles. The largest absolute Gasteiger partial charge is 0.468 e. The number of ether oxygens (including phenoxy) is 1. The second kappa shape index (κ2) is 9.41. The highest BCUT2D eigenvalue weighted by molar-refractivity contribution is 6.33. The van der Waals surface area contributed by atoms with Crippen LogP contribution in [0, 0.1) is 6.92 Å². The first-order chi connectivity index (χ1) is 19.2. The van der Waals surface area contributed by atoms with Gasteiger partial charge < -0.3 is 14.0 Å². The number of halogens is 1. The zero-order valence-electron chi connectivity index (χ0n) is 20.6. The molecule has 11 heteroatoms. The molecule has 39 heavy (non-hydrogen) atoms. The molecule has 0 spiro atoms. The summed E-state index contributed by atoms with van der Waals surface area (Å²) >= 11 is 6.17. The first kappa shape index (κ1) is 23.2. The third kappa shape index (κ3) is 4.02. The van der Waals surface area contributed by atoms with Crippen LogP contribution in [0.2, 0.25) is 5.02 Å². The van der Waals surface area contributed by atoms with Crippen LogP contribution in [0.15, 0.2) is 88.9 Å². The maximum Gasteiger partial charge on any atom is 0.230 e. The molecule has 0 radical (unpaired) electrons. The molecule has 7 rings (SSSR count). The van der Waals surface area contributed by atoms with Gasteiger partial charge in [-0.15, -0.1) is 5.10 Å². The van der Waals surface area contributed by atoms with E-state index in [1.54, 1.807) is 34.1 Å². The Labute approximate surface area is 227 Å². The minimum absolute atomic E-state index is 0.0555. The van der Waals surface area contributed by atoms with Gasteiger partial charge in [0.1, 0.15) is 12.1 Å². The molecule has 5 heterocycles. The van der Waals surface area contributed by atoms with Gasteiger partial charge in [0.25, 0.3) is 0 Å². The van der Waals surface area contributed by atoms with Gasteiger partial charge in [-0.2, -0.15) is 5.10 Å². The van der Waals surface area contributed by atoms with Gasteiger partial charge >= 0.3 is 0 Å². The molecule has 1 atom stereocenters. The molecule has 1 aliphatic heterocycles. The summed E-state index contributed by atoms with van der Waals surface area (Å²) in [6.45, 7) is 2.01. The van der Waals surface area contributed by atoms with Crippen LogP contribution in [0.4, 0.5) is 0 Å². The summed E-state index contributed by atoms with van der Waals surface area (Å²) < 4.78 is 15.7. The Bertz CT molecular complexity index is 1830. The molecule has 192 valence electrons. The lowest BCUT2D eigenvalue weighted by Crippen LogP contribution is -2.15. The van der Waals surface area contributed by atoms with Crippen LogP contribution in [0.1, 0.15) is 39.9 Å². The summed E-state index contributed by atoms with van der Waals surface area (Å²) in [7, 11) is 0. The van der Waals surface area contributed by atoms with Crippen LogP contribution in [-0.2, 0) is 11.4 Å². The number of para-hydroxylation sites is 1. The smallest absolute Gasteiger partial charge is 0.230 e. The van der Waals surface area contributed by atoms with Gasteiger partial charge in [0.15, 0.2) is 18.1 Å². The van der Waals surface area contributed by atoms with E-state index in [4.69, 9.17) is 35.7 Å². The second-order valence-corrected chi connectivity index (χ2v) is 9.30. The Balaban J connectivity index is 1.28. The van der Waals surface area contributed by atoms with Gasteiger partial charge in [0, 0.05) is 10.6 Å². The van der Waals surface area contributed by atoms with Crippen LogP contribution < -0.4 is 4.74 Å². The SMILES string of the molecule is Cc1nn(-c2ccccc2)c2c1[C@H](c1ccco1)c1c(ncn3nc(CO/N=C/c4ccccc4Cl)nc13)O2. The van der Waals surface area contributed by atoms with Crippen LogP contribution in [-0.4, -0.2) is 35.6 Å². The number of benzene rings is 2. The van der Waals surface area contributed by atoms with Crippen molar-refractivity contribution in [1.29, 1.82) is 0 Å². The molecule has 1 aliphatic rings. The standard InChI is InChI=1S/C28H20ClN7O3/c1-17-23-24(21-12-7-13-37-21)25-26-32-22(15-38-31-14-18-8-5-6-11-20(18)29)34-35(26)16-30-27(25)39-28(23)36(33-17)19-9-3-2-4-10-19/h2-14,16,24H,15H2,1H3/b31-14+/t24-/m0/s1. The number of oxime groups is 1. The van der Waals surface area contributed by atoms with E-state index in [0.29, 0.717) is 28.3 Å². The number of fused-ring (bicyclic) bond motifs is 4. The van der Waals surface area contributed by atoms with E-state index in [-0.39, 0.29) is 12.5 Å². The first-order valence-electron chi connectivity index (χ1n) is 12.2. The molecule has 0 saturated carbocycles. The quantitative estimate of drug-likeness (QED) is 0.198. The number of hydrogen-bond donors (Lipinski definition) is 0. The average molecular weight is 538 g/mol. The van der Waals surface area contributed by atoms with Crippen LogP contribution >= 0.6 is 11.6 Å². The maximum absolute atomic E-state index is 6.39. The Kier molecular flexibility index (Phi) is 5.59. The van der Waals surface area contributed by atoms with E-state index in [9.17, 15) is 0 Å². The summed E-state index contributed by atoms with van der Waals surface area (Å²) in [4.78, 5) is 14.8. The highest BCUT2D eigenvalue weighted by atomic mass is 35.5. The maximum atomic E-state index is 6.39. The van der Waals surface area contributed by atoms with Gasteiger partial charge in [-0.05, 0) is 37.3 Å². The van der Waals surface area contributed by atoms with Gasteiger partial charge in [-0.1, -0.05) is 53.2 Å². The number of nitrogens with zero attached hydrogens (tertiary/aromatic N) is 7. The highest BCUT2D eigenvalue weighted by Gasteiger charge is 2.39. The summed E-state index contributed by atoms with van der Waals surface area (Å²) in [6.07, 6.45) is 4.77. The Morgan fingerprint density at radius 3 is 2.69 bits per heavy atom. The molecule has 0 aliphatic carbocycles. The van der Waals surface area contributed by atoms with E-state index in [1.165, 1.54) is 0 Å². The van der Waals surface area contributed by atoms with Gasteiger partial charge in [-0.25, -0.2) is 19.2 Å². The minimum Gasteiger partial charge on any atom is -0.468 e. The topological polar surface area (TPSA) is 105 Å². The van der Waals surface area contributed by atoms with Crippen molar-refractivity contribution in [3.63, 3.8) is 0 Å². The summed E-state index contributed by atoms with van der Waals surface area (Å²) in [5, 5.41) is 14.0. The molecular weight excluding hydrogens is 518 g/mol. The number of hydrogen-bond acceptors (Lipinski definition) is 8. The number of aromatic nitrogens is 6. The summed E-state index contributed by atoms with van der Waals surface area (Å²) in [5.41, 5.74) is 4.62. The van der Waals surface area contributed by atoms with Crippen molar-refractivity contribution in [3.8, 4) is 17.4 Å². The van der Waals surface area contributed by atoms with E-state index >= 15 is 0 Å². The fraction of sp³-hybridized carbons (Fsp3) is 0.107. The molecule has 0 fully saturated rings. The van der Waals surface area contributed by atoms with Gasteiger partial charge in [-0.3, -0.25) is 0 Å². The van der Waals surface area contributed by atoms with Crippen LogP contribution in [0.25, 0.3) is 11.3 Å². The van der Waals surface area contributed by atoms with Crippen molar-refractivity contribution in [3.05, 3.63) is 118 Å². The molecule has 0 amide bonds. The summed E-state index contributed by atoms with van der Waals surface area (Å²) in [5.74, 6) is 1.79. The summed E-state index contributed by atoms with van der Waals surface area (Å²) in [6, 6.07) is 21.0. The highest BCUT2D eigenvalue weighted by Crippen LogP contribution is 2.49. The molecule has 2 aromatic carbocycles. The minimum atomic E-state index is -0.358. The van der Waals surface area contributed by atoms with Gasteiger partial charge in [0.05, 0.1) is 40.9 Å². The molecule has 0 unspecified atom stereocenters. The van der Waals surface area contributed by atoms with E-state index in [1.807, 2.05) is 67.6 Å². The predicted molar refractivity (Wildman–Crippen MR) is 143 cm³/mol. The number of furan rings is 1. The molecule has 0 N–H and O–H groups in total. The monoisotopic (exact) mass is 537 g/mol. The van der Waals surface area contributed by atoms with Crippen molar-refractivity contribution in [2.75, 3.05) is 0 Å². The normalized spacial score (nSPS) is 14.4. The van der Waals surface area contributed by atoms with Crippen LogP contribution in [0.5, 0.6) is 11.8 Å². The van der Waals surface area contributed by atoms with Crippen molar-refractivity contribution in [2.24, 2.45) is 5.16 Å². The fourth-order valence-corrected chi connectivity index (χ4v) is 4.92. The van der Waals surface area contributed by atoms with Crippen molar-refractivity contribution >= 4 is 23.5 Å². The molecule has 6 aromatic rings. The molecule has 0 bridgehead atoms. The molecular formula is C28H20ClN7O3. The predicted octanol–water partition coefficient (Wildman–Crippen LogP) is 5.70. The van der Waals surface area contributed by atoms with Crippen molar-refractivity contribution in [1.82, 2.24) is 29.4 Å². The van der Waals surface area contributed by atoms with E-state index in [2.05, 4.69) is 15.2 Å². The number of aryl methyl sites for hydroxylation is 1. The fourth-order valence-electron chi connectivity index (χ4n) is 4.74. The molecule has 10 nitrogen and oxygen atoms in total. The zero-order chi connectivity index (χ0) is 26.3. The third-order valence-corrected chi connectivity index (χ3v) is 6.80. The van der Waals surface area contributed by atoms with Crippen LogP contribution in [0.3, 0.4) is 0 Å². The van der Waals surface area contributed by atoms with Crippen molar-refractivity contribution in [2.45, 2.75) is 19.4 Å². The Hall–Kier alpha value is -4.96. The molecule has 0 saturated heterocycles. The Morgan fingerprint density at radius 2 is 1.87 bits per heavy atom. The zero-order valence-corrected chi connectivity index (χ0v) is 21.4. The van der Waals surface area contributed by atoms with E-state index in [0.717, 1.165) is 33.8 Å². The number of rotatable bonds is 6. The van der Waals surface area contributed by atoms with Crippen molar-refractivity contribution < 1.29 is 14.0 Å². The Morgan fingerprint density at radius 1 is 1.03 bits per heavy atom. The lowest BCUT2D eigenvalue weighted by Gasteiger charge is -2.24. The average Bonchev–Trinajstić information content (AvgIpc) is 3.71. The van der Waals surface area contributed by atoms with Gasteiger partial charge in [0.2, 0.25) is 11.8 Å². The lowest BCUT2D eigenvalue weighted by atomic mass is 9.88. The lowest BCUT2D eigenvalue weighted by molar-refractivity contribution is 0.126. The second-order valence-electron chi connectivity index (χ2n) is 8.89. The third-order valence-electron chi connectivity index (χ3n) is 6.46. The van der Waals surface area contributed by atoms with E-state index < -0.39 is 0 Å². The first-order valence-corrected chi connectivity index (χ1v) is 12.6.